The van der Waals surface area contributed by atoms with E-state index in [1.807, 2.05) is 0 Å². The minimum Gasteiger partial charge on any atom is -0.316 e. The van der Waals surface area contributed by atoms with Crippen molar-refractivity contribution in [3.05, 3.63) is 35.4 Å². The van der Waals surface area contributed by atoms with Gasteiger partial charge in [0.15, 0.2) is 0 Å². The molecule has 0 saturated carbocycles. The van der Waals surface area contributed by atoms with Crippen LogP contribution in [0, 0.1) is 5.92 Å². The molecule has 1 nitrogen and oxygen atoms in total. The smallest absolute Gasteiger partial charge is 0.316 e. The van der Waals surface area contributed by atoms with Crippen LogP contribution < -0.4 is 5.32 Å². The molecule has 1 heterocycles. The van der Waals surface area contributed by atoms with E-state index in [1.165, 1.54) is 12.1 Å². The second-order valence-electron chi connectivity index (χ2n) is 4.67. The molecule has 1 aliphatic rings. The maximum Gasteiger partial charge on any atom is 0.416 e. The highest BCUT2D eigenvalue weighted by molar-refractivity contribution is 5.25. The number of alkyl halides is 4. The van der Waals surface area contributed by atoms with Crippen LogP contribution >= 0.6 is 0 Å². The first-order chi connectivity index (χ1) is 8.47. The highest BCUT2D eigenvalue weighted by atomic mass is 19.4. The molecule has 1 aromatic carbocycles. The van der Waals surface area contributed by atoms with Gasteiger partial charge in [0.1, 0.15) is 6.17 Å². The van der Waals surface area contributed by atoms with Gasteiger partial charge < -0.3 is 5.32 Å². The molecular weight excluding hydrogens is 246 g/mol. The zero-order valence-electron chi connectivity index (χ0n) is 9.80. The lowest BCUT2D eigenvalue weighted by Crippen LogP contribution is -2.21. The Bertz CT molecular complexity index is 379. The predicted molar refractivity (Wildman–Crippen MR) is 61.0 cm³/mol. The SMILES string of the molecule is FC(Cc1ccc(C(F)(F)F)cc1)C1CCNC1. The minimum absolute atomic E-state index is 0.0210. The van der Waals surface area contributed by atoms with Gasteiger partial charge in [0.05, 0.1) is 5.56 Å². The van der Waals surface area contributed by atoms with E-state index in [0.717, 1.165) is 25.1 Å². The third-order valence-corrected chi connectivity index (χ3v) is 3.32. The topological polar surface area (TPSA) is 12.0 Å². The third-order valence-electron chi connectivity index (χ3n) is 3.32. The van der Waals surface area contributed by atoms with Crippen LogP contribution in [0.4, 0.5) is 17.6 Å². The maximum absolute atomic E-state index is 13.9. The zero-order valence-corrected chi connectivity index (χ0v) is 9.80. The van der Waals surface area contributed by atoms with Crippen molar-refractivity contribution in [2.75, 3.05) is 13.1 Å². The van der Waals surface area contributed by atoms with Crippen molar-refractivity contribution in [2.45, 2.75) is 25.2 Å². The van der Waals surface area contributed by atoms with Gasteiger partial charge in [0.2, 0.25) is 0 Å². The molecule has 1 aromatic rings. The Balaban J connectivity index is 1.97. The summed E-state index contributed by atoms with van der Waals surface area (Å²) < 4.78 is 50.9. The first kappa shape index (κ1) is 13.3. The fourth-order valence-electron chi connectivity index (χ4n) is 2.21. The van der Waals surface area contributed by atoms with E-state index in [-0.39, 0.29) is 12.3 Å². The molecule has 1 fully saturated rings. The molecule has 0 radical (unpaired) electrons. The minimum atomic E-state index is -4.33. The van der Waals surface area contributed by atoms with Gasteiger partial charge in [-0.05, 0) is 30.7 Å². The third kappa shape index (κ3) is 3.22. The first-order valence-corrected chi connectivity index (χ1v) is 5.98. The fourth-order valence-corrected chi connectivity index (χ4v) is 2.21. The predicted octanol–water partition coefficient (Wildman–Crippen LogP) is 3.20. The number of nitrogens with one attached hydrogen (secondary N) is 1. The van der Waals surface area contributed by atoms with Crippen LogP contribution in [-0.4, -0.2) is 19.3 Å². The van der Waals surface area contributed by atoms with Crippen molar-refractivity contribution in [3.63, 3.8) is 0 Å². The number of hydrogen-bond donors (Lipinski definition) is 1. The van der Waals surface area contributed by atoms with E-state index >= 15 is 0 Å². The number of halogens is 4. The Morgan fingerprint density at radius 3 is 2.39 bits per heavy atom. The molecule has 0 amide bonds. The van der Waals surface area contributed by atoms with Gasteiger partial charge in [-0.3, -0.25) is 0 Å². The van der Waals surface area contributed by atoms with Crippen molar-refractivity contribution in [2.24, 2.45) is 5.92 Å². The number of hydrogen-bond acceptors (Lipinski definition) is 1. The van der Waals surface area contributed by atoms with Gasteiger partial charge in [0, 0.05) is 18.9 Å². The molecule has 0 spiro atoms. The molecule has 0 bridgehead atoms. The summed E-state index contributed by atoms with van der Waals surface area (Å²) in [5.41, 5.74) is -0.0772. The lowest BCUT2D eigenvalue weighted by molar-refractivity contribution is -0.137. The Labute approximate surface area is 103 Å². The van der Waals surface area contributed by atoms with E-state index < -0.39 is 17.9 Å². The Morgan fingerprint density at radius 2 is 1.89 bits per heavy atom. The molecule has 100 valence electrons. The van der Waals surface area contributed by atoms with Crippen LogP contribution in [0.2, 0.25) is 0 Å². The molecule has 1 aliphatic heterocycles. The number of rotatable bonds is 3. The Kier molecular flexibility index (Phi) is 3.90. The lowest BCUT2D eigenvalue weighted by Gasteiger charge is -2.15. The summed E-state index contributed by atoms with van der Waals surface area (Å²) in [6.45, 7) is 1.47. The average Bonchev–Trinajstić information content (AvgIpc) is 2.82. The molecule has 1 saturated heterocycles. The summed E-state index contributed by atoms with van der Waals surface area (Å²) >= 11 is 0. The molecule has 1 N–H and O–H groups in total. The number of benzene rings is 1. The summed E-state index contributed by atoms with van der Waals surface area (Å²) in [5.74, 6) is -0.0210. The lowest BCUT2D eigenvalue weighted by atomic mass is 9.96. The molecule has 18 heavy (non-hydrogen) atoms. The Hall–Kier alpha value is -1.10. The molecule has 2 atom stereocenters. The first-order valence-electron chi connectivity index (χ1n) is 5.98. The zero-order chi connectivity index (χ0) is 13.2. The summed E-state index contributed by atoms with van der Waals surface area (Å²) in [7, 11) is 0. The quantitative estimate of drug-likeness (QED) is 0.824. The van der Waals surface area contributed by atoms with E-state index in [2.05, 4.69) is 5.32 Å². The maximum atomic E-state index is 13.9. The summed E-state index contributed by atoms with van der Waals surface area (Å²) in [5, 5.41) is 3.08. The molecule has 2 unspecified atom stereocenters. The normalized spacial score (nSPS) is 22.1. The van der Waals surface area contributed by atoms with Gasteiger partial charge >= 0.3 is 6.18 Å². The summed E-state index contributed by atoms with van der Waals surface area (Å²) in [6, 6.07) is 4.74. The van der Waals surface area contributed by atoms with E-state index in [9.17, 15) is 17.6 Å². The highest BCUT2D eigenvalue weighted by Gasteiger charge is 2.30. The van der Waals surface area contributed by atoms with Gasteiger partial charge in [0.25, 0.3) is 0 Å². The van der Waals surface area contributed by atoms with Crippen molar-refractivity contribution in [1.29, 1.82) is 0 Å². The monoisotopic (exact) mass is 261 g/mol. The molecule has 0 aromatic heterocycles. The highest BCUT2D eigenvalue weighted by Crippen LogP contribution is 2.29. The largest absolute Gasteiger partial charge is 0.416 e. The fraction of sp³-hybridized carbons (Fsp3) is 0.538. The van der Waals surface area contributed by atoms with Crippen LogP contribution in [0.25, 0.3) is 0 Å². The van der Waals surface area contributed by atoms with Crippen molar-refractivity contribution in [3.8, 4) is 0 Å². The van der Waals surface area contributed by atoms with Crippen LogP contribution in [0.1, 0.15) is 17.5 Å². The molecule has 5 heteroatoms. The van der Waals surface area contributed by atoms with Crippen LogP contribution in [0.3, 0.4) is 0 Å². The van der Waals surface area contributed by atoms with Crippen LogP contribution in [-0.2, 0) is 12.6 Å². The summed E-state index contributed by atoms with van der Waals surface area (Å²) in [4.78, 5) is 0. The van der Waals surface area contributed by atoms with Crippen molar-refractivity contribution >= 4 is 0 Å². The van der Waals surface area contributed by atoms with Gasteiger partial charge in [-0.1, -0.05) is 12.1 Å². The van der Waals surface area contributed by atoms with Gasteiger partial charge in [-0.25, -0.2) is 4.39 Å². The van der Waals surface area contributed by atoms with Crippen molar-refractivity contribution in [1.82, 2.24) is 5.32 Å². The van der Waals surface area contributed by atoms with Crippen LogP contribution in [0.5, 0.6) is 0 Å². The standard InChI is InChI=1S/C13H15F4N/c14-12(10-5-6-18-8-10)7-9-1-3-11(4-2-9)13(15,16)17/h1-4,10,12,18H,5-8H2. The summed E-state index contributed by atoms with van der Waals surface area (Å²) in [6.07, 6.45) is -4.34. The van der Waals surface area contributed by atoms with E-state index in [4.69, 9.17) is 0 Å². The van der Waals surface area contributed by atoms with E-state index in [1.54, 1.807) is 0 Å². The molecule has 0 aliphatic carbocycles. The van der Waals surface area contributed by atoms with Gasteiger partial charge in [-0.2, -0.15) is 13.2 Å². The molecule has 2 rings (SSSR count). The van der Waals surface area contributed by atoms with Crippen LogP contribution in [0.15, 0.2) is 24.3 Å². The van der Waals surface area contributed by atoms with Gasteiger partial charge in [-0.15, -0.1) is 0 Å². The molecular formula is C13H15F4N. The second kappa shape index (κ2) is 5.26. The van der Waals surface area contributed by atoms with E-state index in [0.29, 0.717) is 12.1 Å². The second-order valence-corrected chi connectivity index (χ2v) is 4.67. The van der Waals surface area contributed by atoms with Crippen molar-refractivity contribution < 1.29 is 17.6 Å². The average molecular weight is 261 g/mol. The Morgan fingerprint density at radius 1 is 1.22 bits per heavy atom.